The molecule has 0 heterocycles. The third kappa shape index (κ3) is 16.3. The molecule has 0 aliphatic heterocycles. The summed E-state index contributed by atoms with van der Waals surface area (Å²) in [5.41, 5.74) is 18.3. The Morgan fingerprint density at radius 2 is 1.18 bits per heavy atom. The highest BCUT2D eigenvalue weighted by Crippen LogP contribution is 2.10. The number of nitrogens with two attached hydrogens (primary N) is 3. The normalized spacial score (nSPS) is 13.2. The van der Waals surface area contributed by atoms with Gasteiger partial charge >= 0.3 is 0 Å². The van der Waals surface area contributed by atoms with E-state index in [1.165, 1.54) is 0 Å². The molecule has 0 bridgehead atoms. The van der Waals surface area contributed by atoms with E-state index in [0.717, 1.165) is 11.1 Å². The molecule has 0 aromatic heterocycles. The van der Waals surface area contributed by atoms with E-state index in [9.17, 15) is 33.6 Å². The summed E-state index contributed by atoms with van der Waals surface area (Å²) in [4.78, 5) is 89.2. The van der Waals surface area contributed by atoms with Gasteiger partial charge in [-0.25, -0.2) is 0 Å². The van der Waals surface area contributed by atoms with Gasteiger partial charge in [0.1, 0.15) is 24.2 Å². The lowest BCUT2D eigenvalue weighted by Gasteiger charge is -2.25. The van der Waals surface area contributed by atoms with Gasteiger partial charge in [-0.15, -0.1) is 0 Å². The van der Waals surface area contributed by atoms with Gasteiger partial charge in [-0.05, 0) is 62.1 Å². The summed E-state index contributed by atoms with van der Waals surface area (Å²) in [5.74, 6) is -5.30. The third-order valence-electron chi connectivity index (χ3n) is 8.03. The fourth-order valence-electron chi connectivity index (χ4n) is 5.19. The zero-order valence-electron chi connectivity index (χ0n) is 29.3. The smallest absolute Gasteiger partial charge is 0.243 e. The summed E-state index contributed by atoms with van der Waals surface area (Å²) in [5, 5.41) is 12.8. The van der Waals surface area contributed by atoms with Gasteiger partial charge in [0.25, 0.3) is 0 Å². The maximum atomic E-state index is 13.7. The molecule has 0 saturated carbocycles. The summed E-state index contributed by atoms with van der Waals surface area (Å²) >= 11 is 0. The van der Waals surface area contributed by atoms with E-state index >= 15 is 0 Å². The van der Waals surface area contributed by atoms with E-state index in [0.29, 0.717) is 32.2 Å². The lowest BCUT2D eigenvalue weighted by atomic mass is 10.0. The number of aryl methyl sites for hydroxylation is 2. The Morgan fingerprint density at radius 3 is 1.71 bits per heavy atom. The first-order valence-electron chi connectivity index (χ1n) is 17.1. The van der Waals surface area contributed by atoms with Gasteiger partial charge in [-0.2, -0.15) is 0 Å². The Hall–Kier alpha value is -5.31. The monoisotopic (exact) mass is 708 g/mol. The molecule has 2 rings (SSSR count). The molecule has 0 aliphatic carbocycles. The number of benzene rings is 2. The number of unbranched alkanes of at least 4 members (excludes halogenated alkanes) is 1. The van der Waals surface area contributed by atoms with Crippen LogP contribution in [0.4, 0.5) is 0 Å². The molecule has 4 atom stereocenters. The number of carbonyl (C=O) groups excluding carboxylic acids is 7. The average molecular weight is 709 g/mol. The molecule has 7 amide bonds. The molecule has 11 N–H and O–H groups in total. The van der Waals surface area contributed by atoms with Crippen LogP contribution in [-0.2, 0) is 46.4 Å². The van der Waals surface area contributed by atoms with Crippen molar-refractivity contribution in [3.63, 3.8) is 0 Å². The van der Waals surface area contributed by atoms with Crippen molar-refractivity contribution in [1.82, 2.24) is 26.6 Å². The van der Waals surface area contributed by atoms with Crippen molar-refractivity contribution in [2.24, 2.45) is 23.1 Å². The molecule has 2 aromatic carbocycles. The molecule has 0 fully saturated rings. The van der Waals surface area contributed by atoms with Crippen molar-refractivity contribution in [2.75, 3.05) is 13.1 Å². The van der Waals surface area contributed by atoms with Gasteiger partial charge < -0.3 is 43.8 Å². The van der Waals surface area contributed by atoms with Gasteiger partial charge in [-0.3, -0.25) is 33.6 Å². The number of nitrogens with one attached hydrogen (secondary N) is 5. The van der Waals surface area contributed by atoms with E-state index in [1.807, 2.05) is 60.7 Å². The zero-order chi connectivity index (χ0) is 37.8. The lowest BCUT2D eigenvalue weighted by molar-refractivity contribution is -0.135. The minimum Gasteiger partial charge on any atom is -0.370 e. The second-order valence-corrected chi connectivity index (χ2v) is 12.6. The molecule has 15 nitrogen and oxygen atoms in total. The molecule has 1 unspecified atom stereocenters. The Kier molecular flexibility index (Phi) is 18.4. The van der Waals surface area contributed by atoms with Gasteiger partial charge in [0.2, 0.25) is 41.4 Å². The van der Waals surface area contributed by atoms with Crippen LogP contribution in [-0.4, -0.2) is 78.6 Å². The molecule has 0 saturated heterocycles. The molecule has 278 valence electrons. The van der Waals surface area contributed by atoms with Crippen LogP contribution in [0.2, 0.25) is 0 Å². The van der Waals surface area contributed by atoms with Crippen LogP contribution in [0.3, 0.4) is 0 Å². The quantitative estimate of drug-likeness (QED) is 0.0694. The van der Waals surface area contributed by atoms with Crippen molar-refractivity contribution < 1.29 is 33.6 Å². The second-order valence-electron chi connectivity index (χ2n) is 12.6. The van der Waals surface area contributed by atoms with Crippen LogP contribution in [0.25, 0.3) is 0 Å². The third-order valence-corrected chi connectivity index (χ3v) is 8.03. The maximum absolute atomic E-state index is 13.7. The summed E-state index contributed by atoms with van der Waals surface area (Å²) in [6.07, 6.45) is 1.84. The van der Waals surface area contributed by atoms with Crippen molar-refractivity contribution >= 4 is 41.4 Å². The molecule has 0 spiro atoms. The summed E-state index contributed by atoms with van der Waals surface area (Å²) in [7, 11) is 0. The fraction of sp³-hybridized carbons (Fsp3) is 0.472. The van der Waals surface area contributed by atoms with Gasteiger partial charge in [0.15, 0.2) is 0 Å². The van der Waals surface area contributed by atoms with Crippen molar-refractivity contribution in [2.45, 2.75) is 89.4 Å². The Morgan fingerprint density at radius 1 is 0.627 bits per heavy atom. The maximum Gasteiger partial charge on any atom is 0.243 e. The van der Waals surface area contributed by atoms with Crippen LogP contribution in [0, 0.1) is 5.92 Å². The second kappa shape index (κ2) is 22.4. The van der Waals surface area contributed by atoms with Crippen molar-refractivity contribution in [3.05, 3.63) is 71.8 Å². The van der Waals surface area contributed by atoms with E-state index in [2.05, 4.69) is 26.6 Å². The van der Waals surface area contributed by atoms with E-state index in [1.54, 1.807) is 13.8 Å². The van der Waals surface area contributed by atoms with Gasteiger partial charge in [0.05, 0.1) is 13.0 Å². The standard InChI is InChI=1S/C36H52N8O7/c1-23(2)32(33(39)48)44-31(47)22-40-34(49)28(21-29(38)45)43-35(50)26(15-9-10-20-37)42-36(51)27(18-16-24-11-5-3-6-12-24)41-30(46)19-17-25-13-7-4-8-14-25/h3-8,11-14,23,26-28,32H,9-10,15-22,37H2,1-2H3,(H2,38,45)(H2,39,48)(H,40,49)(H,41,46)(H,42,51)(H,43,50)(H,44,47)/t26-,27-,28-,32?/m0/s1. The van der Waals surface area contributed by atoms with Crippen LogP contribution in [0.15, 0.2) is 60.7 Å². The first-order chi connectivity index (χ1) is 24.3. The van der Waals surface area contributed by atoms with E-state index in [4.69, 9.17) is 17.2 Å². The van der Waals surface area contributed by atoms with Crippen LogP contribution >= 0.6 is 0 Å². The summed E-state index contributed by atoms with van der Waals surface area (Å²) in [6, 6.07) is 14.3. The molecule has 0 radical (unpaired) electrons. The van der Waals surface area contributed by atoms with Crippen LogP contribution in [0.5, 0.6) is 0 Å². The van der Waals surface area contributed by atoms with Crippen molar-refractivity contribution in [1.29, 1.82) is 0 Å². The Labute approximate surface area is 298 Å². The number of hydrogen-bond acceptors (Lipinski definition) is 8. The van der Waals surface area contributed by atoms with Crippen LogP contribution in [0.1, 0.15) is 63.5 Å². The largest absolute Gasteiger partial charge is 0.370 e. The minimum absolute atomic E-state index is 0.138. The minimum atomic E-state index is -1.49. The fourth-order valence-corrected chi connectivity index (χ4v) is 5.19. The molecule has 2 aromatic rings. The number of hydrogen-bond donors (Lipinski definition) is 8. The highest BCUT2D eigenvalue weighted by molar-refractivity contribution is 5.97. The molecule has 15 heteroatoms. The number of rotatable bonds is 23. The first kappa shape index (κ1) is 41.9. The SMILES string of the molecule is CC(C)C(NC(=O)CNC(=O)[C@H](CC(N)=O)NC(=O)[C@H](CCCCN)NC(=O)[C@H](CCc1ccccc1)NC(=O)CCc1ccccc1)C(N)=O. The summed E-state index contributed by atoms with van der Waals surface area (Å²) in [6.45, 7) is 3.12. The highest BCUT2D eigenvalue weighted by atomic mass is 16.2. The Bertz CT molecular complexity index is 1460. The number of primary amides is 2. The molecule has 0 aliphatic rings. The first-order valence-corrected chi connectivity index (χ1v) is 17.1. The number of carbonyl (C=O) groups is 7. The topological polar surface area (TPSA) is 258 Å². The number of amides is 7. The predicted molar refractivity (Wildman–Crippen MR) is 191 cm³/mol. The van der Waals surface area contributed by atoms with Gasteiger partial charge in [0, 0.05) is 6.42 Å². The zero-order valence-corrected chi connectivity index (χ0v) is 29.3. The molecular weight excluding hydrogens is 656 g/mol. The average Bonchev–Trinajstić information content (AvgIpc) is 3.10. The summed E-state index contributed by atoms with van der Waals surface area (Å²) < 4.78 is 0. The molecule has 51 heavy (non-hydrogen) atoms. The Balaban J connectivity index is 2.18. The van der Waals surface area contributed by atoms with E-state index in [-0.39, 0.29) is 31.1 Å². The lowest BCUT2D eigenvalue weighted by Crippen LogP contribution is -2.58. The molecular formula is C36H52N8O7. The van der Waals surface area contributed by atoms with Gasteiger partial charge in [-0.1, -0.05) is 74.5 Å². The van der Waals surface area contributed by atoms with Crippen molar-refractivity contribution in [3.8, 4) is 0 Å². The van der Waals surface area contributed by atoms with E-state index < -0.39 is 72.6 Å². The predicted octanol–water partition coefficient (Wildman–Crippen LogP) is -0.547. The highest BCUT2D eigenvalue weighted by Gasteiger charge is 2.31. The van der Waals surface area contributed by atoms with Crippen LogP contribution < -0.4 is 43.8 Å².